The second-order valence-corrected chi connectivity index (χ2v) is 6.74. The first-order chi connectivity index (χ1) is 12.5. The first-order valence-electron chi connectivity index (χ1n) is 8.16. The summed E-state index contributed by atoms with van der Waals surface area (Å²) in [7, 11) is 0. The second-order valence-electron chi connectivity index (χ2n) is 6.30. The molecule has 1 aliphatic rings. The maximum atomic E-state index is 11.7. The van der Waals surface area contributed by atoms with Crippen molar-refractivity contribution < 1.29 is 9.90 Å². The lowest BCUT2D eigenvalue weighted by atomic mass is 10.1. The predicted octanol–water partition coefficient (Wildman–Crippen LogP) is 1.89. The summed E-state index contributed by atoms with van der Waals surface area (Å²) in [5.41, 5.74) is 1.82. The lowest BCUT2D eigenvalue weighted by Crippen LogP contribution is -2.47. The van der Waals surface area contributed by atoms with E-state index in [-0.39, 0.29) is 0 Å². The van der Waals surface area contributed by atoms with Gasteiger partial charge < -0.3 is 9.67 Å². The van der Waals surface area contributed by atoms with E-state index in [1.54, 1.807) is 23.0 Å². The SMILES string of the molecule is Cc1nnc2n1CC(C(=O)O)N(Cc1cnn(-c3ccc(Cl)cc3)c1)C2. The molecule has 3 aromatic rings. The topological polar surface area (TPSA) is 89.1 Å². The normalized spacial score (nSPS) is 17.2. The van der Waals surface area contributed by atoms with Crippen molar-refractivity contribution >= 4 is 17.6 Å². The maximum Gasteiger partial charge on any atom is 0.322 e. The molecule has 0 aliphatic carbocycles. The molecule has 0 fully saturated rings. The third kappa shape index (κ3) is 3.09. The van der Waals surface area contributed by atoms with E-state index in [4.69, 9.17) is 11.6 Å². The van der Waals surface area contributed by atoms with Crippen LogP contribution in [0.3, 0.4) is 0 Å². The molecule has 0 saturated heterocycles. The number of hydrogen-bond acceptors (Lipinski definition) is 5. The van der Waals surface area contributed by atoms with Crippen molar-refractivity contribution in [2.45, 2.75) is 32.6 Å². The molecule has 8 nitrogen and oxygen atoms in total. The average Bonchev–Trinajstić information content (AvgIpc) is 3.22. The lowest BCUT2D eigenvalue weighted by Gasteiger charge is -2.33. The Bertz CT molecular complexity index is 949. The Hall–Kier alpha value is -2.71. The molecule has 134 valence electrons. The zero-order valence-electron chi connectivity index (χ0n) is 14.1. The number of hydrogen-bond donors (Lipinski definition) is 1. The second kappa shape index (κ2) is 6.54. The number of aromatic nitrogens is 5. The highest BCUT2D eigenvalue weighted by molar-refractivity contribution is 6.30. The van der Waals surface area contributed by atoms with Crippen LogP contribution >= 0.6 is 11.6 Å². The summed E-state index contributed by atoms with van der Waals surface area (Å²) in [6, 6.07) is 6.74. The number of fused-ring (bicyclic) bond motifs is 1. The number of halogens is 1. The summed E-state index contributed by atoms with van der Waals surface area (Å²) in [6.45, 7) is 3.08. The highest BCUT2D eigenvalue weighted by Gasteiger charge is 2.33. The number of nitrogens with zero attached hydrogens (tertiary/aromatic N) is 6. The molecule has 1 unspecified atom stereocenters. The van der Waals surface area contributed by atoms with Gasteiger partial charge in [-0.25, -0.2) is 4.68 Å². The van der Waals surface area contributed by atoms with Gasteiger partial charge >= 0.3 is 5.97 Å². The minimum Gasteiger partial charge on any atom is -0.480 e. The lowest BCUT2D eigenvalue weighted by molar-refractivity contribution is -0.145. The molecule has 2 aromatic heterocycles. The van der Waals surface area contributed by atoms with Crippen LogP contribution in [0.4, 0.5) is 0 Å². The molecule has 9 heteroatoms. The smallest absolute Gasteiger partial charge is 0.322 e. The minimum absolute atomic E-state index is 0.342. The van der Waals surface area contributed by atoms with Gasteiger partial charge in [-0.1, -0.05) is 11.6 Å². The standard InChI is InChI=1S/C17H17ClN6O2/c1-11-20-21-16-10-22(15(17(25)26)9-23(11)16)7-12-6-19-24(8-12)14-4-2-13(18)3-5-14/h2-6,8,15H,7,9-10H2,1H3,(H,25,26). The monoisotopic (exact) mass is 372 g/mol. The Kier molecular flexibility index (Phi) is 4.21. The molecule has 0 spiro atoms. The Morgan fingerprint density at radius 2 is 2.08 bits per heavy atom. The number of benzene rings is 1. The number of carboxylic acid groups (broad SMARTS) is 1. The van der Waals surface area contributed by atoms with Gasteiger partial charge in [-0.3, -0.25) is 9.69 Å². The Balaban J connectivity index is 1.56. The number of carbonyl (C=O) groups is 1. The number of aliphatic carboxylic acids is 1. The van der Waals surface area contributed by atoms with Crippen molar-refractivity contribution in [2.24, 2.45) is 0 Å². The van der Waals surface area contributed by atoms with E-state index in [1.807, 2.05) is 34.7 Å². The molecule has 3 heterocycles. The first-order valence-corrected chi connectivity index (χ1v) is 8.54. The van der Waals surface area contributed by atoms with Gasteiger partial charge in [0.25, 0.3) is 0 Å². The molecule has 0 bridgehead atoms. The Labute approximate surface area is 154 Å². The van der Waals surface area contributed by atoms with Crippen LogP contribution in [0, 0.1) is 6.92 Å². The highest BCUT2D eigenvalue weighted by atomic mass is 35.5. The molecule has 1 aliphatic heterocycles. The van der Waals surface area contributed by atoms with E-state index in [9.17, 15) is 9.90 Å². The molecule has 1 aromatic carbocycles. The fourth-order valence-corrected chi connectivity index (χ4v) is 3.30. The quantitative estimate of drug-likeness (QED) is 0.752. The molecule has 4 rings (SSSR count). The minimum atomic E-state index is -0.853. The molecule has 1 N–H and O–H groups in total. The van der Waals surface area contributed by atoms with E-state index in [0.29, 0.717) is 24.7 Å². The fourth-order valence-electron chi connectivity index (χ4n) is 3.17. The van der Waals surface area contributed by atoms with Crippen LogP contribution in [-0.2, 0) is 24.4 Å². The summed E-state index contributed by atoms with van der Waals surface area (Å²) >= 11 is 5.92. The van der Waals surface area contributed by atoms with Crippen LogP contribution in [0.25, 0.3) is 5.69 Å². The number of carboxylic acids is 1. The van der Waals surface area contributed by atoms with E-state index in [1.165, 1.54) is 0 Å². The number of aryl methyl sites for hydroxylation is 1. The molecule has 0 amide bonds. The van der Waals surface area contributed by atoms with Gasteiger partial charge in [-0.15, -0.1) is 10.2 Å². The van der Waals surface area contributed by atoms with Crippen molar-refractivity contribution in [3.8, 4) is 5.69 Å². The van der Waals surface area contributed by atoms with Crippen LogP contribution in [-0.4, -0.2) is 46.6 Å². The summed E-state index contributed by atoms with van der Waals surface area (Å²) in [6.07, 6.45) is 3.64. The molecule has 26 heavy (non-hydrogen) atoms. The van der Waals surface area contributed by atoms with Crippen LogP contribution in [0.15, 0.2) is 36.7 Å². The molecule has 0 saturated carbocycles. The third-order valence-electron chi connectivity index (χ3n) is 4.55. The predicted molar refractivity (Wildman–Crippen MR) is 94.0 cm³/mol. The third-order valence-corrected chi connectivity index (χ3v) is 4.80. The largest absolute Gasteiger partial charge is 0.480 e. The van der Waals surface area contributed by atoms with E-state index in [0.717, 1.165) is 22.9 Å². The van der Waals surface area contributed by atoms with Crippen LogP contribution in [0.2, 0.25) is 5.02 Å². The van der Waals surface area contributed by atoms with Gasteiger partial charge in [0.1, 0.15) is 17.7 Å². The van der Waals surface area contributed by atoms with Crippen molar-refractivity contribution in [1.82, 2.24) is 29.4 Å². The van der Waals surface area contributed by atoms with Crippen molar-refractivity contribution in [3.05, 3.63) is 58.9 Å². The zero-order chi connectivity index (χ0) is 18.3. The Morgan fingerprint density at radius 1 is 1.31 bits per heavy atom. The number of rotatable bonds is 4. The highest BCUT2D eigenvalue weighted by Crippen LogP contribution is 2.21. The van der Waals surface area contributed by atoms with Crippen LogP contribution in [0.1, 0.15) is 17.2 Å². The summed E-state index contributed by atoms with van der Waals surface area (Å²) in [5, 5.41) is 22.9. The molecule has 1 atom stereocenters. The first kappa shape index (κ1) is 16.7. The maximum absolute atomic E-state index is 11.7. The van der Waals surface area contributed by atoms with Crippen molar-refractivity contribution in [1.29, 1.82) is 0 Å². The Morgan fingerprint density at radius 3 is 2.81 bits per heavy atom. The van der Waals surface area contributed by atoms with Gasteiger partial charge in [-0.05, 0) is 31.2 Å². The van der Waals surface area contributed by atoms with Gasteiger partial charge in [0.15, 0.2) is 0 Å². The van der Waals surface area contributed by atoms with Crippen LogP contribution < -0.4 is 0 Å². The fraction of sp³-hybridized carbons (Fsp3) is 0.294. The van der Waals surface area contributed by atoms with E-state index in [2.05, 4.69) is 15.3 Å². The van der Waals surface area contributed by atoms with Crippen LogP contribution in [0.5, 0.6) is 0 Å². The molecule has 0 radical (unpaired) electrons. The molecular weight excluding hydrogens is 356 g/mol. The summed E-state index contributed by atoms with van der Waals surface area (Å²) in [5.74, 6) is 0.667. The summed E-state index contributed by atoms with van der Waals surface area (Å²) in [4.78, 5) is 13.6. The van der Waals surface area contributed by atoms with Gasteiger partial charge in [0.05, 0.1) is 25.0 Å². The average molecular weight is 373 g/mol. The summed E-state index contributed by atoms with van der Waals surface area (Å²) < 4.78 is 3.62. The van der Waals surface area contributed by atoms with Gasteiger partial charge in [-0.2, -0.15) is 5.10 Å². The van der Waals surface area contributed by atoms with Gasteiger partial charge in [0.2, 0.25) is 0 Å². The van der Waals surface area contributed by atoms with Crippen molar-refractivity contribution in [2.75, 3.05) is 0 Å². The molecular formula is C17H17ClN6O2. The van der Waals surface area contributed by atoms with Gasteiger partial charge in [0, 0.05) is 23.3 Å². The zero-order valence-corrected chi connectivity index (χ0v) is 14.8. The van der Waals surface area contributed by atoms with E-state index >= 15 is 0 Å². The van der Waals surface area contributed by atoms with Crippen molar-refractivity contribution in [3.63, 3.8) is 0 Å². The van der Waals surface area contributed by atoms with E-state index < -0.39 is 12.0 Å².